The quantitative estimate of drug-likeness (QED) is 0.611. The molecule has 0 aliphatic carbocycles. The summed E-state index contributed by atoms with van der Waals surface area (Å²) in [5, 5.41) is 2.74. The van der Waals surface area contributed by atoms with Gasteiger partial charge in [0, 0.05) is 11.5 Å². The largest absolute Gasteiger partial charge is 0.0777 e. The van der Waals surface area contributed by atoms with E-state index in [1.54, 1.807) is 0 Å². The van der Waals surface area contributed by atoms with E-state index in [9.17, 15) is 0 Å². The van der Waals surface area contributed by atoms with Crippen molar-refractivity contribution in [2.75, 3.05) is 0 Å². The van der Waals surface area contributed by atoms with Crippen LogP contribution in [0.15, 0.2) is 36.4 Å². The van der Waals surface area contributed by atoms with Gasteiger partial charge in [0.2, 0.25) is 0 Å². The lowest BCUT2D eigenvalue weighted by Crippen LogP contribution is -1.88. The highest BCUT2D eigenvalue weighted by Gasteiger charge is 2.09. The molecule has 0 atom stereocenters. The first kappa shape index (κ1) is 9.94. The van der Waals surface area contributed by atoms with Crippen LogP contribution in [-0.4, -0.2) is 0 Å². The average molecular weight is 250 g/mol. The van der Waals surface area contributed by atoms with Crippen molar-refractivity contribution in [1.29, 1.82) is 0 Å². The Labute approximate surface area is 101 Å². The van der Waals surface area contributed by atoms with E-state index in [-0.39, 0.29) is 0 Å². The van der Waals surface area contributed by atoms with Crippen molar-refractivity contribution in [3.8, 4) is 0 Å². The summed E-state index contributed by atoms with van der Waals surface area (Å²) in [4.78, 5) is 0. The van der Waals surface area contributed by atoms with Gasteiger partial charge in [-0.1, -0.05) is 45.9 Å². The van der Waals surface area contributed by atoms with Crippen LogP contribution < -0.4 is 0 Å². The summed E-state index contributed by atoms with van der Waals surface area (Å²) in [5.74, 6) is 2.27. The number of hydrogen-bond donors (Lipinski definition) is 0. The third-order valence-electron chi connectivity index (χ3n) is 2.59. The van der Waals surface area contributed by atoms with Gasteiger partial charge in [-0.25, -0.2) is 0 Å². The van der Waals surface area contributed by atoms with Gasteiger partial charge in [0.15, 0.2) is 0 Å². The number of rotatable bonds is 0. The second-order valence-electron chi connectivity index (χ2n) is 3.56. The molecule has 1 aliphatic heterocycles. The molecule has 0 amide bonds. The van der Waals surface area contributed by atoms with Crippen molar-refractivity contribution < 1.29 is 0 Å². The standard InChI is InChI=1S/C12H10S3/c1-2-4-10-6-12-8-14-15-13-7-11(12)5-9(10)3-1/h1-6H,7-8H2. The number of hydrogen-bond acceptors (Lipinski definition) is 3. The Morgan fingerprint density at radius 3 is 1.87 bits per heavy atom. The lowest BCUT2D eigenvalue weighted by atomic mass is 10.0. The van der Waals surface area contributed by atoms with Crippen LogP contribution in [0.3, 0.4) is 0 Å². The van der Waals surface area contributed by atoms with E-state index in [1.165, 1.54) is 21.9 Å². The van der Waals surface area contributed by atoms with E-state index in [0.29, 0.717) is 0 Å². The molecular weight excluding hydrogens is 240 g/mol. The molecule has 0 nitrogen and oxygen atoms in total. The predicted molar refractivity (Wildman–Crippen MR) is 74.1 cm³/mol. The van der Waals surface area contributed by atoms with Crippen molar-refractivity contribution in [3.63, 3.8) is 0 Å². The van der Waals surface area contributed by atoms with E-state index in [1.807, 2.05) is 31.4 Å². The molecule has 2 aromatic rings. The third-order valence-corrected chi connectivity index (χ3v) is 6.66. The highest BCUT2D eigenvalue weighted by molar-refractivity contribution is 9.09. The molecule has 0 saturated heterocycles. The van der Waals surface area contributed by atoms with Crippen LogP contribution in [0.1, 0.15) is 11.1 Å². The summed E-state index contributed by atoms with van der Waals surface area (Å²) < 4.78 is 0. The van der Waals surface area contributed by atoms with Crippen molar-refractivity contribution in [2.45, 2.75) is 11.5 Å². The minimum atomic E-state index is 1.14. The van der Waals surface area contributed by atoms with Gasteiger partial charge in [-0.3, -0.25) is 0 Å². The van der Waals surface area contributed by atoms with E-state index in [0.717, 1.165) is 11.5 Å². The summed E-state index contributed by atoms with van der Waals surface area (Å²) in [7, 11) is 5.81. The minimum Gasteiger partial charge on any atom is -0.0777 e. The summed E-state index contributed by atoms with van der Waals surface area (Å²) in [6, 6.07) is 13.3. The van der Waals surface area contributed by atoms with Crippen LogP contribution in [-0.2, 0) is 11.5 Å². The molecule has 2 aromatic carbocycles. The van der Waals surface area contributed by atoms with Gasteiger partial charge in [-0.2, -0.15) is 0 Å². The summed E-state index contributed by atoms with van der Waals surface area (Å²) >= 11 is 0. The maximum absolute atomic E-state index is 2.35. The molecular formula is C12H10S3. The number of benzene rings is 2. The van der Waals surface area contributed by atoms with Crippen molar-refractivity contribution in [3.05, 3.63) is 47.5 Å². The fourth-order valence-corrected chi connectivity index (χ4v) is 5.50. The Morgan fingerprint density at radius 2 is 1.33 bits per heavy atom. The van der Waals surface area contributed by atoms with Crippen molar-refractivity contribution >= 4 is 42.2 Å². The van der Waals surface area contributed by atoms with Crippen molar-refractivity contribution in [2.24, 2.45) is 0 Å². The van der Waals surface area contributed by atoms with Crippen LogP contribution in [0.5, 0.6) is 0 Å². The SMILES string of the molecule is c1ccc2cc3c(cc2c1)CSSSC3. The predicted octanol–water partition coefficient (Wildman–Crippen LogP) is 4.88. The zero-order valence-corrected chi connectivity index (χ0v) is 10.6. The Balaban J connectivity index is 2.20. The first-order chi connectivity index (χ1) is 7.43. The smallest absolute Gasteiger partial charge is 0.0300 e. The molecule has 0 spiro atoms. The van der Waals surface area contributed by atoms with Crippen molar-refractivity contribution in [1.82, 2.24) is 0 Å². The fraction of sp³-hybridized carbons (Fsp3) is 0.167. The first-order valence-electron chi connectivity index (χ1n) is 4.85. The monoisotopic (exact) mass is 250 g/mol. The molecule has 3 heteroatoms. The Morgan fingerprint density at radius 1 is 0.800 bits per heavy atom. The zero-order valence-electron chi connectivity index (χ0n) is 8.10. The molecule has 3 rings (SSSR count). The topological polar surface area (TPSA) is 0 Å². The molecule has 0 bridgehead atoms. The lowest BCUT2D eigenvalue weighted by Gasteiger charge is -2.06. The third kappa shape index (κ3) is 2.01. The van der Waals surface area contributed by atoms with Gasteiger partial charge in [-0.15, -0.1) is 0 Å². The molecule has 0 aromatic heterocycles. The van der Waals surface area contributed by atoms with E-state index in [4.69, 9.17) is 0 Å². The maximum atomic E-state index is 2.35. The van der Waals surface area contributed by atoms with E-state index < -0.39 is 0 Å². The fourth-order valence-electron chi connectivity index (χ4n) is 1.81. The van der Waals surface area contributed by atoms with Gasteiger partial charge in [0.05, 0.1) is 0 Å². The van der Waals surface area contributed by atoms with Gasteiger partial charge >= 0.3 is 0 Å². The van der Waals surface area contributed by atoms with Crippen LogP contribution in [0.2, 0.25) is 0 Å². The molecule has 0 unspecified atom stereocenters. The van der Waals surface area contributed by atoms with Crippen LogP contribution >= 0.6 is 31.4 Å². The van der Waals surface area contributed by atoms with E-state index in [2.05, 4.69) is 36.4 Å². The summed E-state index contributed by atoms with van der Waals surface area (Å²) in [6.45, 7) is 0. The van der Waals surface area contributed by atoms with Gasteiger partial charge in [-0.05, 0) is 43.9 Å². The molecule has 1 aliphatic rings. The summed E-state index contributed by atoms with van der Waals surface area (Å²) in [5.41, 5.74) is 3.02. The molecule has 1 heterocycles. The molecule has 0 saturated carbocycles. The normalized spacial score (nSPS) is 16.0. The highest BCUT2D eigenvalue weighted by Crippen LogP contribution is 2.43. The molecule has 0 N–H and O–H groups in total. The zero-order chi connectivity index (χ0) is 10.1. The summed E-state index contributed by atoms with van der Waals surface area (Å²) in [6.07, 6.45) is 0. The highest BCUT2D eigenvalue weighted by atomic mass is 33.5. The van der Waals surface area contributed by atoms with Gasteiger partial charge in [0.25, 0.3) is 0 Å². The second-order valence-corrected chi connectivity index (χ2v) is 7.79. The van der Waals surface area contributed by atoms with Gasteiger partial charge in [0.1, 0.15) is 0 Å². The van der Waals surface area contributed by atoms with Crippen LogP contribution in [0.4, 0.5) is 0 Å². The minimum absolute atomic E-state index is 1.14. The van der Waals surface area contributed by atoms with Crippen LogP contribution in [0, 0.1) is 0 Å². The Kier molecular flexibility index (Phi) is 2.86. The molecule has 0 radical (unpaired) electrons. The molecule has 15 heavy (non-hydrogen) atoms. The first-order valence-corrected chi connectivity index (χ1v) is 8.67. The Bertz CT molecular complexity index is 449. The molecule has 76 valence electrons. The molecule has 0 fully saturated rings. The number of fused-ring (bicyclic) bond motifs is 2. The van der Waals surface area contributed by atoms with Gasteiger partial charge < -0.3 is 0 Å². The Hall–Kier alpha value is -0.250. The lowest BCUT2D eigenvalue weighted by molar-refractivity contribution is 1.31. The average Bonchev–Trinajstić information content (AvgIpc) is 2.50. The second kappa shape index (κ2) is 4.32. The van der Waals surface area contributed by atoms with Crippen LogP contribution in [0.25, 0.3) is 10.8 Å². The van der Waals surface area contributed by atoms with E-state index >= 15 is 0 Å². The maximum Gasteiger partial charge on any atom is 0.0300 e.